The van der Waals surface area contributed by atoms with Crippen LogP contribution in [-0.2, 0) is 4.79 Å². The van der Waals surface area contributed by atoms with E-state index in [1.54, 1.807) is 0 Å². The number of nitrogens with one attached hydrogen (secondary N) is 3. The number of hydrogen-bond donors (Lipinski definition) is 5. The topological polar surface area (TPSA) is 105 Å². The van der Waals surface area contributed by atoms with Crippen LogP contribution < -0.4 is 27.4 Å². The molecule has 0 heterocycles. The molecule has 0 saturated carbocycles. The second-order valence-electron chi connectivity index (χ2n) is 4.21. The average molecular weight is 245 g/mol. The van der Waals surface area contributed by atoms with Crippen LogP contribution in [0.15, 0.2) is 0 Å². The number of rotatable bonds is 10. The van der Waals surface area contributed by atoms with Crippen molar-refractivity contribution in [2.75, 3.05) is 33.7 Å². The molecule has 0 aliphatic rings. The fourth-order valence-electron chi connectivity index (χ4n) is 1.61. The van der Waals surface area contributed by atoms with Crippen molar-refractivity contribution in [3.63, 3.8) is 0 Å². The first-order chi connectivity index (χ1) is 8.15. The Bertz CT molecular complexity index is 194. The van der Waals surface area contributed by atoms with E-state index in [0.29, 0.717) is 13.0 Å². The number of hydrogen-bond acceptors (Lipinski definition) is 5. The molecule has 0 aliphatic carbocycles. The van der Waals surface area contributed by atoms with Crippen LogP contribution >= 0.6 is 0 Å². The minimum atomic E-state index is -0.433. The number of carbonyl (C=O) groups excluding carboxylic acids is 1. The smallest absolute Gasteiger partial charge is 0.237 e. The van der Waals surface area contributed by atoms with E-state index in [0.717, 1.165) is 25.9 Å². The second-order valence-corrected chi connectivity index (χ2v) is 4.21. The van der Waals surface area contributed by atoms with Crippen LogP contribution in [0.2, 0.25) is 0 Å². The van der Waals surface area contributed by atoms with Crippen molar-refractivity contribution in [2.45, 2.75) is 31.3 Å². The third kappa shape index (κ3) is 8.09. The van der Waals surface area contributed by atoms with Gasteiger partial charge in [-0.15, -0.1) is 0 Å². The SMILES string of the molecule is CNCC(CNC)NC(=O)[C@@H](N)CCCCN. The van der Waals surface area contributed by atoms with Crippen molar-refractivity contribution in [1.82, 2.24) is 16.0 Å². The zero-order valence-electron chi connectivity index (χ0n) is 11.0. The van der Waals surface area contributed by atoms with Crippen LogP contribution in [0.5, 0.6) is 0 Å². The van der Waals surface area contributed by atoms with Crippen molar-refractivity contribution in [3.05, 3.63) is 0 Å². The van der Waals surface area contributed by atoms with E-state index in [9.17, 15) is 4.79 Å². The zero-order valence-corrected chi connectivity index (χ0v) is 11.0. The Morgan fingerprint density at radius 2 is 1.76 bits per heavy atom. The van der Waals surface area contributed by atoms with E-state index < -0.39 is 6.04 Å². The molecule has 0 aromatic heterocycles. The van der Waals surface area contributed by atoms with Crippen molar-refractivity contribution < 1.29 is 4.79 Å². The third-order valence-corrected chi connectivity index (χ3v) is 2.55. The number of likely N-dealkylation sites (N-methyl/N-ethyl adjacent to an activating group) is 2. The lowest BCUT2D eigenvalue weighted by molar-refractivity contribution is -0.123. The summed E-state index contributed by atoms with van der Waals surface area (Å²) in [6.45, 7) is 2.10. The predicted octanol–water partition coefficient (Wildman–Crippen LogP) is -1.63. The van der Waals surface area contributed by atoms with Gasteiger partial charge in [0.1, 0.15) is 0 Å². The predicted molar refractivity (Wildman–Crippen MR) is 70.7 cm³/mol. The molecule has 7 N–H and O–H groups in total. The molecule has 1 atom stereocenters. The van der Waals surface area contributed by atoms with Crippen molar-refractivity contribution in [1.29, 1.82) is 0 Å². The number of amides is 1. The van der Waals surface area contributed by atoms with Gasteiger partial charge in [0.2, 0.25) is 5.91 Å². The van der Waals surface area contributed by atoms with E-state index in [2.05, 4.69) is 16.0 Å². The maximum absolute atomic E-state index is 11.8. The molecule has 6 nitrogen and oxygen atoms in total. The highest BCUT2D eigenvalue weighted by Crippen LogP contribution is 1.98. The summed E-state index contributed by atoms with van der Waals surface area (Å²) in [7, 11) is 3.71. The molecule has 0 radical (unpaired) electrons. The van der Waals surface area contributed by atoms with E-state index in [1.165, 1.54) is 0 Å². The Labute approximate surface area is 104 Å². The Hall–Kier alpha value is -0.690. The van der Waals surface area contributed by atoms with Gasteiger partial charge >= 0.3 is 0 Å². The molecule has 0 aromatic carbocycles. The highest BCUT2D eigenvalue weighted by atomic mass is 16.2. The monoisotopic (exact) mass is 245 g/mol. The molecule has 0 bridgehead atoms. The molecule has 102 valence electrons. The maximum Gasteiger partial charge on any atom is 0.237 e. The van der Waals surface area contributed by atoms with Crippen LogP contribution in [0.4, 0.5) is 0 Å². The normalized spacial score (nSPS) is 12.8. The summed E-state index contributed by atoms with van der Waals surface area (Å²) in [4.78, 5) is 11.8. The summed E-state index contributed by atoms with van der Waals surface area (Å²) in [6.07, 6.45) is 2.50. The maximum atomic E-state index is 11.8. The van der Waals surface area contributed by atoms with Gasteiger partial charge in [0.15, 0.2) is 0 Å². The molecular weight excluding hydrogens is 218 g/mol. The third-order valence-electron chi connectivity index (χ3n) is 2.55. The Morgan fingerprint density at radius 1 is 1.18 bits per heavy atom. The molecule has 0 spiro atoms. The van der Waals surface area contributed by atoms with Crippen molar-refractivity contribution in [2.24, 2.45) is 11.5 Å². The molecule has 0 aromatic rings. The lowest BCUT2D eigenvalue weighted by atomic mass is 10.1. The van der Waals surface area contributed by atoms with Crippen LogP contribution in [0.25, 0.3) is 0 Å². The first-order valence-electron chi connectivity index (χ1n) is 6.20. The zero-order chi connectivity index (χ0) is 13.1. The molecule has 0 fully saturated rings. The van der Waals surface area contributed by atoms with Gasteiger partial charge in [-0.05, 0) is 33.5 Å². The van der Waals surface area contributed by atoms with Gasteiger partial charge < -0.3 is 27.4 Å². The first kappa shape index (κ1) is 16.3. The van der Waals surface area contributed by atoms with Crippen LogP contribution in [-0.4, -0.2) is 51.7 Å². The van der Waals surface area contributed by atoms with Gasteiger partial charge in [-0.1, -0.05) is 6.42 Å². The first-order valence-corrected chi connectivity index (χ1v) is 6.20. The Morgan fingerprint density at radius 3 is 2.24 bits per heavy atom. The summed E-state index contributed by atoms with van der Waals surface area (Å²) < 4.78 is 0. The summed E-state index contributed by atoms with van der Waals surface area (Å²) >= 11 is 0. The molecule has 0 rings (SSSR count). The standard InChI is InChI=1S/C11H27N5O/c1-14-7-9(8-15-2)16-11(17)10(13)5-3-4-6-12/h9-10,14-15H,3-8,12-13H2,1-2H3,(H,16,17)/t10-/m0/s1. The molecular formula is C11H27N5O. The highest BCUT2D eigenvalue weighted by molar-refractivity contribution is 5.81. The average Bonchev–Trinajstić information content (AvgIpc) is 2.29. The highest BCUT2D eigenvalue weighted by Gasteiger charge is 2.16. The fourth-order valence-corrected chi connectivity index (χ4v) is 1.61. The van der Waals surface area contributed by atoms with Gasteiger partial charge in [-0.3, -0.25) is 4.79 Å². The van der Waals surface area contributed by atoms with E-state index in [4.69, 9.17) is 11.5 Å². The molecule has 17 heavy (non-hydrogen) atoms. The quantitative estimate of drug-likeness (QED) is 0.297. The largest absolute Gasteiger partial charge is 0.349 e. The summed E-state index contributed by atoms with van der Waals surface area (Å²) in [5.41, 5.74) is 11.2. The molecule has 6 heteroatoms. The number of carbonyl (C=O) groups is 1. The lowest BCUT2D eigenvalue weighted by Crippen LogP contribution is -2.51. The number of unbranched alkanes of at least 4 members (excludes halogenated alkanes) is 1. The molecule has 1 amide bonds. The van der Waals surface area contributed by atoms with Crippen molar-refractivity contribution >= 4 is 5.91 Å². The summed E-state index contributed by atoms with van der Waals surface area (Å²) in [6, 6.07) is -0.365. The lowest BCUT2D eigenvalue weighted by Gasteiger charge is -2.20. The Balaban J connectivity index is 3.92. The van der Waals surface area contributed by atoms with Crippen LogP contribution in [0, 0.1) is 0 Å². The summed E-state index contributed by atoms with van der Waals surface area (Å²) in [5.74, 6) is -0.0856. The van der Waals surface area contributed by atoms with Gasteiger partial charge in [0.05, 0.1) is 12.1 Å². The fraction of sp³-hybridized carbons (Fsp3) is 0.909. The van der Waals surface area contributed by atoms with E-state index in [-0.39, 0.29) is 11.9 Å². The van der Waals surface area contributed by atoms with Gasteiger partial charge in [0, 0.05) is 13.1 Å². The minimum Gasteiger partial charge on any atom is -0.349 e. The molecule has 0 saturated heterocycles. The molecule has 0 aliphatic heterocycles. The van der Waals surface area contributed by atoms with E-state index in [1.807, 2.05) is 14.1 Å². The van der Waals surface area contributed by atoms with Crippen LogP contribution in [0.1, 0.15) is 19.3 Å². The Kier molecular flexibility index (Phi) is 10.0. The van der Waals surface area contributed by atoms with E-state index >= 15 is 0 Å². The van der Waals surface area contributed by atoms with Gasteiger partial charge in [-0.2, -0.15) is 0 Å². The van der Waals surface area contributed by atoms with Crippen LogP contribution in [0.3, 0.4) is 0 Å². The van der Waals surface area contributed by atoms with Gasteiger partial charge in [-0.25, -0.2) is 0 Å². The minimum absolute atomic E-state index is 0.0676. The van der Waals surface area contributed by atoms with Crippen molar-refractivity contribution in [3.8, 4) is 0 Å². The number of nitrogens with two attached hydrogens (primary N) is 2. The second kappa shape index (κ2) is 10.5. The molecule has 0 unspecified atom stereocenters. The van der Waals surface area contributed by atoms with Gasteiger partial charge in [0.25, 0.3) is 0 Å². The summed E-state index contributed by atoms with van der Waals surface area (Å²) in [5, 5.41) is 9.00.